The summed E-state index contributed by atoms with van der Waals surface area (Å²) in [4.78, 5) is 2.79. The number of nitrogens with zero attached hydrogens (tertiary/aromatic N) is 1. The van der Waals surface area contributed by atoms with Crippen LogP contribution in [0, 0.1) is 17.8 Å². The molecule has 2 nitrogen and oxygen atoms in total. The molecule has 0 amide bonds. The van der Waals surface area contributed by atoms with Gasteiger partial charge in [0.25, 0.3) is 0 Å². The van der Waals surface area contributed by atoms with Crippen molar-refractivity contribution >= 4 is 0 Å². The molecular weight excluding hydrogens is 232 g/mol. The lowest BCUT2D eigenvalue weighted by atomic mass is 9.74. The van der Waals surface area contributed by atoms with Crippen molar-refractivity contribution in [2.24, 2.45) is 23.5 Å². The molecule has 2 aliphatic carbocycles. The van der Waals surface area contributed by atoms with Crippen molar-refractivity contribution in [2.75, 3.05) is 19.6 Å². The van der Waals surface area contributed by atoms with Crippen molar-refractivity contribution in [1.29, 1.82) is 0 Å². The van der Waals surface area contributed by atoms with E-state index in [9.17, 15) is 0 Å². The van der Waals surface area contributed by atoms with Crippen molar-refractivity contribution in [3.63, 3.8) is 0 Å². The zero-order chi connectivity index (χ0) is 13.1. The highest BCUT2D eigenvalue weighted by Gasteiger charge is 2.35. The highest BCUT2D eigenvalue weighted by atomic mass is 15.2. The first-order valence-electron chi connectivity index (χ1n) is 8.82. The lowest BCUT2D eigenvalue weighted by Crippen LogP contribution is -2.52. The van der Waals surface area contributed by atoms with Crippen LogP contribution >= 0.6 is 0 Å². The summed E-state index contributed by atoms with van der Waals surface area (Å²) in [7, 11) is 0. The molecule has 2 heteroatoms. The van der Waals surface area contributed by atoms with E-state index in [4.69, 9.17) is 5.73 Å². The van der Waals surface area contributed by atoms with Crippen molar-refractivity contribution in [3.05, 3.63) is 0 Å². The highest BCUT2D eigenvalue weighted by Crippen LogP contribution is 2.38. The summed E-state index contributed by atoms with van der Waals surface area (Å²) in [5, 5.41) is 0. The van der Waals surface area contributed by atoms with E-state index in [0.29, 0.717) is 6.04 Å². The quantitative estimate of drug-likeness (QED) is 0.846. The van der Waals surface area contributed by atoms with Gasteiger partial charge < -0.3 is 5.73 Å². The van der Waals surface area contributed by atoms with Crippen LogP contribution in [-0.4, -0.2) is 30.6 Å². The van der Waals surface area contributed by atoms with E-state index in [-0.39, 0.29) is 0 Å². The Balaban J connectivity index is 1.60. The van der Waals surface area contributed by atoms with Gasteiger partial charge in [-0.1, -0.05) is 38.5 Å². The summed E-state index contributed by atoms with van der Waals surface area (Å²) in [5.74, 6) is 2.95. The van der Waals surface area contributed by atoms with Crippen LogP contribution < -0.4 is 5.73 Å². The largest absolute Gasteiger partial charge is 0.329 e. The first-order chi connectivity index (χ1) is 9.38. The van der Waals surface area contributed by atoms with Crippen LogP contribution in [0.2, 0.25) is 0 Å². The standard InChI is InChI=1S/C17H32N2/c18-12-17(15-7-2-1-3-8-15)19-11-10-14-6-4-5-9-16(14)13-19/h14-17H,1-13,18H2. The van der Waals surface area contributed by atoms with Gasteiger partial charge >= 0.3 is 0 Å². The van der Waals surface area contributed by atoms with Crippen LogP contribution in [0.1, 0.15) is 64.2 Å². The highest BCUT2D eigenvalue weighted by molar-refractivity contribution is 4.89. The third-order valence-electron chi connectivity index (χ3n) is 6.23. The molecule has 2 N–H and O–H groups in total. The third kappa shape index (κ3) is 3.16. The van der Waals surface area contributed by atoms with Gasteiger partial charge in [-0.05, 0) is 50.0 Å². The van der Waals surface area contributed by atoms with Crippen molar-refractivity contribution in [3.8, 4) is 0 Å². The third-order valence-corrected chi connectivity index (χ3v) is 6.23. The maximum atomic E-state index is 6.16. The fourth-order valence-electron chi connectivity index (χ4n) is 5.09. The Morgan fingerprint density at radius 3 is 2.26 bits per heavy atom. The number of fused-ring (bicyclic) bond motifs is 1. The minimum absolute atomic E-state index is 0.697. The van der Waals surface area contributed by atoms with Crippen molar-refractivity contribution in [2.45, 2.75) is 70.3 Å². The Morgan fingerprint density at radius 1 is 0.842 bits per heavy atom. The van der Waals surface area contributed by atoms with Crippen LogP contribution in [-0.2, 0) is 0 Å². The second-order valence-electron chi connectivity index (χ2n) is 7.29. The van der Waals surface area contributed by atoms with Gasteiger partial charge in [-0.15, -0.1) is 0 Å². The molecule has 3 rings (SSSR count). The molecule has 0 aromatic heterocycles. The van der Waals surface area contributed by atoms with E-state index in [1.165, 1.54) is 77.3 Å². The first kappa shape index (κ1) is 13.9. The zero-order valence-electron chi connectivity index (χ0n) is 12.5. The van der Waals surface area contributed by atoms with Gasteiger partial charge in [0.2, 0.25) is 0 Å². The monoisotopic (exact) mass is 264 g/mol. The van der Waals surface area contributed by atoms with E-state index < -0.39 is 0 Å². The second kappa shape index (κ2) is 6.58. The van der Waals surface area contributed by atoms with E-state index in [1.807, 2.05) is 0 Å². The number of hydrogen-bond donors (Lipinski definition) is 1. The molecule has 0 aromatic carbocycles. The van der Waals surface area contributed by atoms with Crippen LogP contribution in [0.4, 0.5) is 0 Å². The molecule has 2 saturated carbocycles. The fraction of sp³-hybridized carbons (Fsp3) is 1.00. The molecule has 3 fully saturated rings. The summed E-state index contributed by atoms with van der Waals surface area (Å²) in [6, 6.07) is 0.697. The van der Waals surface area contributed by atoms with Crippen molar-refractivity contribution < 1.29 is 0 Å². The molecule has 0 radical (unpaired) electrons. The average molecular weight is 264 g/mol. The van der Waals surface area contributed by atoms with Gasteiger partial charge in [-0.3, -0.25) is 4.90 Å². The number of piperidine rings is 1. The van der Waals surface area contributed by atoms with E-state index in [1.54, 1.807) is 0 Å². The Labute approximate surface area is 119 Å². The number of hydrogen-bond acceptors (Lipinski definition) is 2. The van der Waals surface area contributed by atoms with Crippen molar-refractivity contribution in [1.82, 2.24) is 4.90 Å². The molecule has 0 aromatic rings. The molecule has 0 spiro atoms. The molecule has 1 aliphatic heterocycles. The number of nitrogens with two attached hydrogens (primary N) is 1. The maximum Gasteiger partial charge on any atom is 0.0246 e. The molecule has 3 atom stereocenters. The summed E-state index contributed by atoms with van der Waals surface area (Å²) < 4.78 is 0. The summed E-state index contributed by atoms with van der Waals surface area (Å²) in [6.07, 6.45) is 14.6. The molecular formula is C17H32N2. The van der Waals surface area contributed by atoms with E-state index >= 15 is 0 Å². The van der Waals surface area contributed by atoms with Crippen LogP contribution in [0.5, 0.6) is 0 Å². The normalized spacial score (nSPS) is 35.8. The summed E-state index contributed by atoms with van der Waals surface area (Å²) >= 11 is 0. The predicted molar refractivity (Wildman–Crippen MR) is 81.1 cm³/mol. The minimum Gasteiger partial charge on any atom is -0.329 e. The Morgan fingerprint density at radius 2 is 1.53 bits per heavy atom. The molecule has 1 saturated heterocycles. The Kier molecular flexibility index (Phi) is 4.81. The fourth-order valence-corrected chi connectivity index (χ4v) is 5.09. The Hall–Kier alpha value is -0.0800. The average Bonchev–Trinajstić information content (AvgIpc) is 2.49. The topological polar surface area (TPSA) is 29.3 Å². The van der Waals surface area contributed by atoms with Crippen LogP contribution in [0.3, 0.4) is 0 Å². The predicted octanol–water partition coefficient (Wildman–Crippen LogP) is 3.41. The minimum atomic E-state index is 0.697. The van der Waals surface area contributed by atoms with Gasteiger partial charge in [0.05, 0.1) is 0 Å². The molecule has 1 heterocycles. The SMILES string of the molecule is NCC(C1CCCCC1)N1CCC2CCCCC2C1. The Bertz CT molecular complexity index is 272. The van der Waals surface area contributed by atoms with Gasteiger partial charge in [0.1, 0.15) is 0 Å². The summed E-state index contributed by atoms with van der Waals surface area (Å²) in [5.41, 5.74) is 6.16. The van der Waals surface area contributed by atoms with Gasteiger partial charge in [-0.2, -0.15) is 0 Å². The molecule has 3 aliphatic rings. The maximum absolute atomic E-state index is 6.16. The van der Waals surface area contributed by atoms with E-state index in [2.05, 4.69) is 4.90 Å². The zero-order valence-corrected chi connectivity index (χ0v) is 12.5. The molecule has 3 unspecified atom stereocenters. The second-order valence-corrected chi connectivity index (χ2v) is 7.29. The van der Waals surface area contributed by atoms with Gasteiger partial charge in [-0.25, -0.2) is 0 Å². The van der Waals surface area contributed by atoms with Gasteiger partial charge in [0.15, 0.2) is 0 Å². The first-order valence-corrected chi connectivity index (χ1v) is 8.82. The summed E-state index contributed by atoms with van der Waals surface area (Å²) in [6.45, 7) is 3.59. The number of likely N-dealkylation sites (tertiary alicyclic amines) is 1. The van der Waals surface area contributed by atoms with Crippen LogP contribution in [0.25, 0.3) is 0 Å². The molecule has 110 valence electrons. The van der Waals surface area contributed by atoms with E-state index in [0.717, 1.165) is 24.3 Å². The smallest absolute Gasteiger partial charge is 0.0246 e. The lowest BCUT2D eigenvalue weighted by molar-refractivity contribution is 0.0315. The molecule has 19 heavy (non-hydrogen) atoms. The van der Waals surface area contributed by atoms with Crippen LogP contribution in [0.15, 0.2) is 0 Å². The molecule has 0 bridgehead atoms. The van der Waals surface area contributed by atoms with Gasteiger partial charge in [0, 0.05) is 19.1 Å². The lowest BCUT2D eigenvalue weighted by Gasteiger charge is -2.46. The number of rotatable bonds is 3.